The first kappa shape index (κ1) is 54.8. The summed E-state index contributed by atoms with van der Waals surface area (Å²) in [5, 5.41) is 45.1. The summed E-state index contributed by atoms with van der Waals surface area (Å²) in [5.41, 5.74) is 17.9. The number of amides is 8. The number of nitrogens with one attached hydrogen (secondary N) is 6. The second-order valence-corrected chi connectivity index (χ2v) is 16.9. The van der Waals surface area contributed by atoms with Crippen molar-refractivity contribution in [1.82, 2.24) is 36.8 Å². The summed E-state index contributed by atoms with van der Waals surface area (Å²) in [6.07, 6.45) is 1.14. The number of hydrogen-bond donors (Lipinski definition) is 12. The molecule has 23 heteroatoms. The number of unbranched alkanes of at least 4 members (excludes halogenated alkanes) is 1. The van der Waals surface area contributed by atoms with Crippen LogP contribution in [0.2, 0.25) is 0 Å². The van der Waals surface area contributed by atoms with E-state index < -0.39 is 127 Å². The number of aliphatic carboxylic acids is 1. The van der Waals surface area contributed by atoms with E-state index >= 15 is 0 Å². The van der Waals surface area contributed by atoms with Gasteiger partial charge in [0.1, 0.15) is 42.3 Å². The quantitative estimate of drug-likeness (QED) is 0.0361. The van der Waals surface area contributed by atoms with Gasteiger partial charge in [0, 0.05) is 6.54 Å². The van der Waals surface area contributed by atoms with Crippen LogP contribution in [0.3, 0.4) is 0 Å². The summed E-state index contributed by atoms with van der Waals surface area (Å²) in [5.74, 6) is -8.66. The fourth-order valence-corrected chi connectivity index (χ4v) is 7.30. The van der Waals surface area contributed by atoms with Crippen LogP contribution in [-0.2, 0) is 49.6 Å². The molecule has 0 unspecified atom stereocenters. The Labute approximate surface area is 376 Å². The predicted octanol–water partition coefficient (Wildman–Crippen LogP) is -3.67. The fourth-order valence-electron chi connectivity index (χ4n) is 6.83. The number of hydrogen-bond acceptors (Lipinski definition) is 14. The summed E-state index contributed by atoms with van der Waals surface area (Å²) in [6, 6.07) is -1.97. The van der Waals surface area contributed by atoms with E-state index in [1.54, 1.807) is 44.4 Å². The van der Waals surface area contributed by atoms with E-state index in [2.05, 4.69) is 31.9 Å². The number of aliphatic hydroxyl groups excluding tert-OH is 2. The maximum Gasteiger partial charge on any atom is 0.326 e. The SMILES string of the molecule is CSCC[C@H](NC(=O)[C@@H](N)Cc1ccccc1)C(=O)N[C@@H](CO)C(=O)N[C@@H](CCCCN)C(=O)N[C@H](C(=O)N[C@H](C(=O)N[C@@H](CC(N)=O)C(=O)N1CCC[C@H]1C(=O)O)[C@@H](C)O)C(C)C. The van der Waals surface area contributed by atoms with Gasteiger partial charge in [-0.05, 0) is 81.9 Å². The van der Waals surface area contributed by atoms with Crippen molar-refractivity contribution in [1.29, 1.82) is 0 Å². The molecule has 2 rings (SSSR count). The molecule has 1 aromatic carbocycles. The molecule has 9 atom stereocenters. The van der Waals surface area contributed by atoms with E-state index in [-0.39, 0.29) is 38.8 Å². The van der Waals surface area contributed by atoms with Crippen LogP contribution < -0.4 is 49.1 Å². The minimum Gasteiger partial charge on any atom is -0.480 e. The van der Waals surface area contributed by atoms with Crippen molar-refractivity contribution in [2.75, 3.05) is 31.7 Å². The molecule has 1 aliphatic heterocycles. The highest BCUT2D eigenvalue weighted by molar-refractivity contribution is 7.98. The van der Waals surface area contributed by atoms with Crippen molar-refractivity contribution >= 4 is 65.0 Å². The maximum atomic E-state index is 13.8. The number of likely N-dealkylation sites (tertiary alicyclic amines) is 1. The third kappa shape index (κ3) is 17.7. The van der Waals surface area contributed by atoms with E-state index in [0.29, 0.717) is 25.0 Å². The number of nitrogens with zero attached hydrogens (tertiary/aromatic N) is 1. The number of carboxylic acid groups (broad SMARTS) is 1. The Hall–Kier alpha value is -5.36. The first-order valence-corrected chi connectivity index (χ1v) is 22.6. The van der Waals surface area contributed by atoms with Crippen LogP contribution in [0.5, 0.6) is 0 Å². The highest BCUT2D eigenvalue weighted by Crippen LogP contribution is 2.19. The number of carboxylic acids is 1. The second kappa shape index (κ2) is 27.7. The first-order chi connectivity index (χ1) is 30.2. The Morgan fingerprint density at radius 3 is 1.88 bits per heavy atom. The Bertz CT molecular complexity index is 1760. The predicted molar refractivity (Wildman–Crippen MR) is 235 cm³/mol. The minimum absolute atomic E-state index is 0.00670. The van der Waals surface area contributed by atoms with Crippen molar-refractivity contribution < 1.29 is 58.5 Å². The van der Waals surface area contributed by atoms with Gasteiger partial charge in [-0.25, -0.2) is 4.79 Å². The smallest absolute Gasteiger partial charge is 0.326 e. The van der Waals surface area contributed by atoms with Crippen LogP contribution >= 0.6 is 11.8 Å². The molecular weight excluding hydrogens is 857 g/mol. The summed E-state index contributed by atoms with van der Waals surface area (Å²) < 4.78 is 0. The molecule has 0 aliphatic carbocycles. The van der Waals surface area contributed by atoms with Gasteiger partial charge in [0.05, 0.1) is 25.2 Å². The third-order valence-electron chi connectivity index (χ3n) is 10.4. The number of carbonyl (C=O) groups is 9. The molecule has 1 aromatic rings. The molecule has 15 N–H and O–H groups in total. The van der Waals surface area contributed by atoms with Crippen molar-refractivity contribution in [3.05, 3.63) is 35.9 Å². The number of rotatable bonds is 28. The lowest BCUT2D eigenvalue weighted by molar-refractivity contribution is -0.150. The Morgan fingerprint density at radius 1 is 0.766 bits per heavy atom. The standard InChI is InChI=1S/C41H66N10O12S/c1-22(2)32(38(59)50-33(23(3)53)39(60)47-28(20-31(44)54)40(61)51-17-10-14-30(51)41(62)63)49-36(57)26(13-8-9-16-42)46-37(58)29(21-52)48-35(56)27(15-18-64-4)45-34(55)25(43)19-24-11-6-5-7-12-24/h5-7,11-12,22-23,25-30,32-33,52-53H,8-10,13-21,42-43H2,1-4H3,(H2,44,54)(H,45,55)(H,46,58)(H,47,60)(H,48,56)(H,49,57)(H,50,59)(H,62,63)/t23-,25+,26+,27+,28+,29+,30+,32+,33+/m1/s1. The van der Waals surface area contributed by atoms with E-state index in [0.717, 1.165) is 10.5 Å². The first-order valence-electron chi connectivity index (χ1n) is 21.2. The largest absolute Gasteiger partial charge is 0.480 e. The van der Waals surface area contributed by atoms with Crippen LogP contribution in [0, 0.1) is 5.92 Å². The number of primary amides is 1. The lowest BCUT2D eigenvalue weighted by atomic mass is 10.0. The van der Waals surface area contributed by atoms with Gasteiger partial charge in [-0.1, -0.05) is 44.2 Å². The molecule has 0 spiro atoms. The van der Waals surface area contributed by atoms with Gasteiger partial charge in [0.15, 0.2) is 0 Å². The number of nitrogens with two attached hydrogens (primary N) is 3. The van der Waals surface area contributed by atoms with Gasteiger partial charge in [-0.2, -0.15) is 11.8 Å². The van der Waals surface area contributed by atoms with Crippen LogP contribution in [-0.4, -0.2) is 160 Å². The third-order valence-corrected chi connectivity index (χ3v) is 11.1. The van der Waals surface area contributed by atoms with Crippen LogP contribution in [0.1, 0.15) is 71.3 Å². The van der Waals surface area contributed by atoms with Crippen LogP contribution in [0.4, 0.5) is 0 Å². The second-order valence-electron chi connectivity index (χ2n) is 15.9. The van der Waals surface area contributed by atoms with Crippen molar-refractivity contribution in [3.8, 4) is 0 Å². The highest BCUT2D eigenvalue weighted by Gasteiger charge is 2.40. The lowest BCUT2D eigenvalue weighted by Crippen LogP contribution is -2.62. The van der Waals surface area contributed by atoms with Crippen molar-refractivity contribution in [3.63, 3.8) is 0 Å². The van der Waals surface area contributed by atoms with Crippen LogP contribution in [0.25, 0.3) is 0 Å². The number of carbonyl (C=O) groups excluding carboxylic acids is 8. The lowest BCUT2D eigenvalue weighted by Gasteiger charge is -2.30. The average Bonchev–Trinajstić information content (AvgIpc) is 3.74. The molecule has 1 saturated heterocycles. The molecule has 0 saturated carbocycles. The molecule has 0 radical (unpaired) electrons. The minimum atomic E-state index is -1.75. The monoisotopic (exact) mass is 922 g/mol. The molecule has 0 aromatic heterocycles. The molecule has 0 bridgehead atoms. The fraction of sp³-hybridized carbons (Fsp3) is 0.634. The zero-order valence-corrected chi connectivity index (χ0v) is 37.6. The normalized spacial score (nSPS) is 17.3. The van der Waals surface area contributed by atoms with E-state index in [9.17, 15) is 58.5 Å². The molecule has 1 aliphatic rings. The Balaban J connectivity index is 2.23. The van der Waals surface area contributed by atoms with Crippen molar-refractivity contribution in [2.24, 2.45) is 23.1 Å². The van der Waals surface area contributed by atoms with Gasteiger partial charge in [0.2, 0.25) is 47.3 Å². The van der Waals surface area contributed by atoms with Gasteiger partial charge in [0.25, 0.3) is 0 Å². The zero-order valence-electron chi connectivity index (χ0n) is 36.7. The molecule has 358 valence electrons. The zero-order chi connectivity index (χ0) is 48.1. The van der Waals surface area contributed by atoms with E-state index in [4.69, 9.17) is 17.2 Å². The number of aliphatic hydroxyl groups is 2. The number of thioether (sulfide) groups is 1. The summed E-state index contributed by atoms with van der Waals surface area (Å²) >= 11 is 1.41. The molecule has 64 heavy (non-hydrogen) atoms. The molecule has 8 amide bonds. The molecule has 1 heterocycles. The van der Waals surface area contributed by atoms with Crippen molar-refractivity contribution in [2.45, 2.75) is 127 Å². The summed E-state index contributed by atoms with van der Waals surface area (Å²) in [4.78, 5) is 119. The van der Waals surface area contributed by atoms with Gasteiger partial charge in [-0.15, -0.1) is 0 Å². The molecule has 1 fully saturated rings. The molecule has 22 nitrogen and oxygen atoms in total. The van der Waals surface area contributed by atoms with E-state index in [1.165, 1.54) is 18.7 Å². The van der Waals surface area contributed by atoms with Crippen LogP contribution in [0.15, 0.2) is 30.3 Å². The Kier molecular flexibility index (Phi) is 23.7. The molecular formula is C41H66N10O12S. The van der Waals surface area contributed by atoms with E-state index in [1.807, 2.05) is 6.07 Å². The summed E-state index contributed by atoms with van der Waals surface area (Å²) in [6.45, 7) is 3.70. The summed E-state index contributed by atoms with van der Waals surface area (Å²) in [7, 11) is 0. The maximum absolute atomic E-state index is 13.8. The Morgan fingerprint density at radius 2 is 1.31 bits per heavy atom. The average molecular weight is 923 g/mol. The number of benzene rings is 1. The van der Waals surface area contributed by atoms with Gasteiger partial charge >= 0.3 is 5.97 Å². The van der Waals surface area contributed by atoms with Gasteiger partial charge < -0.3 is 69.3 Å². The topological polar surface area (TPSA) is 368 Å². The highest BCUT2D eigenvalue weighted by atomic mass is 32.2. The van der Waals surface area contributed by atoms with Gasteiger partial charge in [-0.3, -0.25) is 38.4 Å².